The van der Waals surface area contributed by atoms with Crippen molar-refractivity contribution in [2.75, 3.05) is 7.11 Å². The summed E-state index contributed by atoms with van der Waals surface area (Å²) in [7, 11) is 1.26. The summed E-state index contributed by atoms with van der Waals surface area (Å²) in [5.74, 6) is -1.77. The van der Waals surface area contributed by atoms with E-state index in [4.69, 9.17) is 19.9 Å². The van der Waals surface area contributed by atoms with Gasteiger partial charge in [-0.1, -0.05) is 31.7 Å². The Labute approximate surface area is 218 Å². The predicted molar refractivity (Wildman–Crippen MR) is 135 cm³/mol. The molecule has 2 aliphatic rings. The molecular formula is C26H37ClN2O7. The molecule has 2 aliphatic carbocycles. The molecule has 1 amide bonds. The van der Waals surface area contributed by atoms with Crippen LogP contribution >= 0.6 is 12.4 Å². The maximum absolute atomic E-state index is 13.7. The Kier molecular flexibility index (Phi) is 10.7. The van der Waals surface area contributed by atoms with Gasteiger partial charge >= 0.3 is 17.9 Å². The largest absolute Gasteiger partial charge is 0.467 e. The summed E-state index contributed by atoms with van der Waals surface area (Å²) < 4.78 is 15.3. The summed E-state index contributed by atoms with van der Waals surface area (Å²) in [5.41, 5.74) is 6.46. The molecule has 0 saturated heterocycles. The van der Waals surface area contributed by atoms with Gasteiger partial charge in [0.25, 0.3) is 0 Å². The highest BCUT2D eigenvalue weighted by Gasteiger charge is 2.50. The number of methoxy groups -OCH3 is 1. The molecule has 3 N–H and O–H groups in total. The number of nitrogens with two attached hydrogens (primary N) is 1. The van der Waals surface area contributed by atoms with Crippen molar-refractivity contribution in [3.8, 4) is 11.5 Å². The third-order valence-electron chi connectivity index (χ3n) is 7.20. The number of halogens is 1. The first-order chi connectivity index (χ1) is 16.6. The fourth-order valence-corrected chi connectivity index (χ4v) is 5.52. The second-order valence-electron chi connectivity index (χ2n) is 9.62. The quantitative estimate of drug-likeness (QED) is 0.371. The molecule has 0 aromatic heterocycles. The number of esters is 3. The number of amides is 1. The van der Waals surface area contributed by atoms with Crippen molar-refractivity contribution in [1.82, 2.24) is 5.32 Å². The van der Waals surface area contributed by atoms with E-state index in [0.717, 1.165) is 51.4 Å². The molecule has 0 bridgehead atoms. The molecule has 0 unspecified atom stereocenters. The van der Waals surface area contributed by atoms with E-state index < -0.39 is 29.5 Å². The van der Waals surface area contributed by atoms with Gasteiger partial charge < -0.3 is 25.3 Å². The predicted octanol–water partition coefficient (Wildman–Crippen LogP) is 3.24. The normalized spacial score (nSPS) is 17.1. The molecular weight excluding hydrogens is 488 g/mol. The first-order valence-electron chi connectivity index (χ1n) is 12.3. The molecule has 1 atom stereocenters. The van der Waals surface area contributed by atoms with E-state index in [0.29, 0.717) is 5.56 Å². The number of carbonyl (C=O) groups is 4. The maximum Gasteiger partial charge on any atom is 0.328 e. The average Bonchev–Trinajstić information content (AvgIpc) is 3.53. The third-order valence-corrected chi connectivity index (χ3v) is 7.20. The van der Waals surface area contributed by atoms with Crippen molar-refractivity contribution in [2.24, 2.45) is 17.6 Å². The van der Waals surface area contributed by atoms with Crippen molar-refractivity contribution < 1.29 is 33.4 Å². The molecule has 2 fully saturated rings. The molecule has 0 radical (unpaired) electrons. The van der Waals surface area contributed by atoms with E-state index >= 15 is 0 Å². The van der Waals surface area contributed by atoms with Crippen LogP contribution in [0.5, 0.6) is 11.5 Å². The van der Waals surface area contributed by atoms with Crippen LogP contribution in [-0.2, 0) is 30.3 Å². The molecule has 36 heavy (non-hydrogen) atoms. The van der Waals surface area contributed by atoms with Crippen molar-refractivity contribution in [3.63, 3.8) is 0 Å². The highest BCUT2D eigenvalue weighted by Crippen LogP contribution is 2.43. The van der Waals surface area contributed by atoms with Crippen molar-refractivity contribution >= 4 is 36.2 Å². The topological polar surface area (TPSA) is 134 Å². The Morgan fingerprint density at radius 1 is 0.944 bits per heavy atom. The summed E-state index contributed by atoms with van der Waals surface area (Å²) in [5, 5.41) is 2.89. The molecule has 9 nitrogen and oxygen atoms in total. The Morgan fingerprint density at radius 3 is 1.92 bits per heavy atom. The Balaban J connectivity index is 0.00000456. The Bertz CT molecular complexity index is 940. The van der Waals surface area contributed by atoms with Crippen LogP contribution in [0.4, 0.5) is 0 Å². The minimum atomic E-state index is -1.03. The molecule has 3 rings (SSSR count). The Morgan fingerprint density at radius 2 is 1.44 bits per heavy atom. The summed E-state index contributed by atoms with van der Waals surface area (Å²) in [4.78, 5) is 49.3. The van der Waals surface area contributed by atoms with Gasteiger partial charge in [-0.2, -0.15) is 0 Å². The molecule has 200 valence electrons. The summed E-state index contributed by atoms with van der Waals surface area (Å²) >= 11 is 0. The molecule has 0 spiro atoms. The van der Waals surface area contributed by atoms with E-state index in [2.05, 4.69) is 5.32 Å². The monoisotopic (exact) mass is 524 g/mol. The van der Waals surface area contributed by atoms with Gasteiger partial charge in [-0.15, -0.1) is 12.4 Å². The number of hydrogen-bond donors (Lipinski definition) is 2. The van der Waals surface area contributed by atoms with E-state index in [1.54, 1.807) is 6.07 Å². The van der Waals surface area contributed by atoms with Crippen molar-refractivity contribution in [1.29, 1.82) is 0 Å². The van der Waals surface area contributed by atoms with Gasteiger partial charge in [0.1, 0.15) is 11.6 Å². The zero-order valence-corrected chi connectivity index (χ0v) is 22.0. The highest BCUT2D eigenvalue weighted by atomic mass is 35.5. The van der Waals surface area contributed by atoms with Crippen LogP contribution in [0.15, 0.2) is 18.2 Å². The average molecular weight is 525 g/mol. The number of benzene rings is 1. The van der Waals surface area contributed by atoms with Crippen LogP contribution in [0, 0.1) is 11.8 Å². The smallest absolute Gasteiger partial charge is 0.328 e. The van der Waals surface area contributed by atoms with Gasteiger partial charge in [-0.3, -0.25) is 14.4 Å². The van der Waals surface area contributed by atoms with Crippen molar-refractivity contribution in [2.45, 2.75) is 83.2 Å². The zero-order chi connectivity index (χ0) is 25.6. The van der Waals surface area contributed by atoms with E-state index in [9.17, 15) is 19.2 Å². The molecule has 2 saturated carbocycles. The van der Waals surface area contributed by atoms with Crippen LogP contribution in [-0.4, -0.2) is 42.5 Å². The summed E-state index contributed by atoms with van der Waals surface area (Å²) in [6, 6.07) is 3.64. The molecule has 0 heterocycles. The lowest BCUT2D eigenvalue weighted by molar-refractivity contribution is -0.146. The van der Waals surface area contributed by atoms with Crippen LogP contribution in [0.2, 0.25) is 0 Å². The van der Waals surface area contributed by atoms with Crippen LogP contribution in [0.25, 0.3) is 0 Å². The van der Waals surface area contributed by atoms with Gasteiger partial charge in [-0.05, 0) is 55.2 Å². The molecule has 10 heteroatoms. The first-order valence-corrected chi connectivity index (χ1v) is 12.3. The summed E-state index contributed by atoms with van der Waals surface area (Å²) in [6.07, 6.45) is 7.93. The number of ether oxygens (including phenoxy) is 3. The summed E-state index contributed by atoms with van der Waals surface area (Å²) in [6.45, 7) is 2.47. The van der Waals surface area contributed by atoms with E-state index in [1.807, 2.05) is 0 Å². The number of carbonyl (C=O) groups excluding carboxylic acids is 4. The van der Waals surface area contributed by atoms with Gasteiger partial charge in [-0.25, -0.2) is 4.79 Å². The maximum atomic E-state index is 13.7. The number of nitrogens with one attached hydrogen (secondary N) is 1. The van der Waals surface area contributed by atoms with Crippen LogP contribution in [0.1, 0.15) is 70.8 Å². The molecule has 1 aromatic rings. The highest BCUT2D eigenvalue weighted by molar-refractivity contribution is 5.91. The second kappa shape index (κ2) is 13.1. The van der Waals surface area contributed by atoms with Gasteiger partial charge in [0.05, 0.1) is 7.11 Å². The lowest BCUT2D eigenvalue weighted by Gasteiger charge is -2.40. The zero-order valence-electron chi connectivity index (χ0n) is 21.2. The molecule has 1 aromatic carbocycles. The Hall–Kier alpha value is -2.65. The van der Waals surface area contributed by atoms with Gasteiger partial charge in [0, 0.05) is 20.3 Å². The fraction of sp³-hybridized carbons (Fsp3) is 0.615. The fourth-order valence-electron chi connectivity index (χ4n) is 5.52. The van der Waals surface area contributed by atoms with Crippen LogP contribution in [0.3, 0.4) is 0 Å². The minimum absolute atomic E-state index is 0. The van der Waals surface area contributed by atoms with Gasteiger partial charge in [0.15, 0.2) is 11.5 Å². The number of hydrogen-bond acceptors (Lipinski definition) is 8. The number of rotatable bonds is 9. The van der Waals surface area contributed by atoms with E-state index in [1.165, 1.54) is 33.1 Å². The van der Waals surface area contributed by atoms with Crippen molar-refractivity contribution in [3.05, 3.63) is 23.8 Å². The third kappa shape index (κ3) is 6.97. The first kappa shape index (κ1) is 29.6. The van der Waals surface area contributed by atoms with Gasteiger partial charge in [0.2, 0.25) is 5.91 Å². The lowest BCUT2D eigenvalue weighted by atomic mass is 9.72. The van der Waals surface area contributed by atoms with E-state index in [-0.39, 0.29) is 48.1 Å². The SMILES string of the molecule is COC(=O)[C@H](Cc1ccc(OC(C)=O)c(OC(C)=O)c1)NC(=O)C(N)(C1CCCC1)C1CCCC1.Cl. The second-order valence-corrected chi connectivity index (χ2v) is 9.62. The lowest BCUT2D eigenvalue weighted by Crippen LogP contribution is -2.64. The molecule has 0 aliphatic heterocycles. The standard InChI is InChI=1S/C26H36N2O7.ClH/c1-16(29)34-22-13-12-18(15-23(22)35-17(2)30)14-21(24(31)33-3)28-25(32)26(27,19-8-4-5-9-19)20-10-6-7-11-20;/h12-13,15,19-21H,4-11,14,27H2,1-3H3,(H,28,32);1H/t21-;/m0./s1. The minimum Gasteiger partial charge on any atom is -0.467 e. The van der Waals surface area contributed by atoms with Crippen LogP contribution < -0.4 is 20.5 Å².